The number of rotatable bonds is 3. The summed E-state index contributed by atoms with van der Waals surface area (Å²) in [7, 11) is 0. The van der Waals surface area contributed by atoms with Gasteiger partial charge in [0.15, 0.2) is 0 Å². The van der Waals surface area contributed by atoms with E-state index in [1.165, 1.54) is 0 Å². The van der Waals surface area contributed by atoms with Crippen molar-refractivity contribution < 1.29 is 9.72 Å². The van der Waals surface area contributed by atoms with Gasteiger partial charge in [-0.2, -0.15) is 0 Å². The number of carbonyl (C=O) groups is 1. The van der Waals surface area contributed by atoms with E-state index in [4.69, 9.17) is 0 Å². The van der Waals surface area contributed by atoms with E-state index >= 15 is 0 Å². The standard InChI is InChI=1S/C15H18N2O3/c1-11-6-8-12(9-7-11)15(18)14(17(19)20)13-5-3-2-4-10-16-13/h6-9,16H,2-5,10H2,1H3/b14-13+. The molecule has 0 aromatic heterocycles. The van der Waals surface area contributed by atoms with Gasteiger partial charge in [-0.05, 0) is 26.2 Å². The molecule has 0 radical (unpaired) electrons. The van der Waals surface area contributed by atoms with E-state index in [0.717, 1.165) is 24.8 Å². The minimum Gasteiger partial charge on any atom is -0.383 e. The van der Waals surface area contributed by atoms with Crippen LogP contribution >= 0.6 is 0 Å². The fraction of sp³-hybridized carbons (Fsp3) is 0.400. The van der Waals surface area contributed by atoms with Crippen LogP contribution in [-0.2, 0) is 0 Å². The second-order valence-corrected chi connectivity index (χ2v) is 5.02. The monoisotopic (exact) mass is 274 g/mol. The molecule has 0 atom stereocenters. The van der Waals surface area contributed by atoms with Gasteiger partial charge in [-0.1, -0.05) is 36.2 Å². The smallest absolute Gasteiger partial charge is 0.335 e. The topological polar surface area (TPSA) is 72.2 Å². The number of nitrogens with one attached hydrogen (secondary N) is 1. The molecule has 0 unspecified atom stereocenters. The zero-order valence-corrected chi connectivity index (χ0v) is 11.5. The van der Waals surface area contributed by atoms with Crippen LogP contribution in [-0.4, -0.2) is 17.3 Å². The van der Waals surface area contributed by atoms with Crippen LogP contribution in [0, 0.1) is 17.0 Å². The van der Waals surface area contributed by atoms with Crippen molar-refractivity contribution in [3.05, 3.63) is 56.9 Å². The molecule has 0 bridgehead atoms. The van der Waals surface area contributed by atoms with Gasteiger partial charge in [0, 0.05) is 12.1 Å². The first-order valence-corrected chi connectivity index (χ1v) is 6.82. The molecule has 1 heterocycles. The Morgan fingerprint density at radius 2 is 1.90 bits per heavy atom. The zero-order valence-electron chi connectivity index (χ0n) is 11.5. The molecular formula is C15H18N2O3. The Kier molecular flexibility index (Phi) is 4.50. The molecule has 0 amide bonds. The van der Waals surface area contributed by atoms with Crippen molar-refractivity contribution in [3.8, 4) is 0 Å². The Bertz CT molecular complexity index is 537. The van der Waals surface area contributed by atoms with Gasteiger partial charge in [0.25, 0.3) is 5.78 Å². The van der Waals surface area contributed by atoms with Crippen molar-refractivity contribution in [2.45, 2.75) is 32.6 Å². The van der Waals surface area contributed by atoms with Gasteiger partial charge in [-0.15, -0.1) is 0 Å². The molecule has 1 fully saturated rings. The number of hydrogen-bond acceptors (Lipinski definition) is 4. The number of benzene rings is 1. The Morgan fingerprint density at radius 1 is 1.20 bits per heavy atom. The van der Waals surface area contributed by atoms with Crippen molar-refractivity contribution >= 4 is 5.78 Å². The second-order valence-electron chi connectivity index (χ2n) is 5.02. The number of nitrogens with zero attached hydrogens (tertiary/aromatic N) is 1. The molecule has 2 rings (SSSR count). The Hall–Kier alpha value is -2.17. The van der Waals surface area contributed by atoms with Gasteiger partial charge < -0.3 is 5.32 Å². The number of carbonyl (C=O) groups excluding carboxylic acids is 1. The molecule has 1 N–H and O–H groups in total. The van der Waals surface area contributed by atoms with Gasteiger partial charge in [0.2, 0.25) is 0 Å². The highest BCUT2D eigenvalue weighted by Crippen LogP contribution is 2.19. The molecule has 0 spiro atoms. The normalized spacial score (nSPS) is 17.9. The maximum atomic E-state index is 12.4. The lowest BCUT2D eigenvalue weighted by atomic mass is 10.0. The lowest BCUT2D eigenvalue weighted by molar-refractivity contribution is -0.418. The number of hydrogen-bond donors (Lipinski definition) is 1. The third kappa shape index (κ3) is 3.23. The maximum Gasteiger partial charge on any atom is 0.335 e. The molecule has 1 saturated heterocycles. The molecule has 0 aliphatic carbocycles. The van der Waals surface area contributed by atoms with Crippen LogP contribution < -0.4 is 5.32 Å². The van der Waals surface area contributed by atoms with E-state index in [1.54, 1.807) is 24.3 Å². The molecule has 106 valence electrons. The number of allylic oxidation sites excluding steroid dienone is 2. The predicted octanol–water partition coefficient (Wildman–Crippen LogP) is 2.83. The van der Waals surface area contributed by atoms with Crippen LogP contribution in [0.1, 0.15) is 41.6 Å². The molecule has 1 aliphatic heterocycles. The summed E-state index contributed by atoms with van der Waals surface area (Å²) in [6.07, 6.45) is 3.45. The largest absolute Gasteiger partial charge is 0.383 e. The van der Waals surface area contributed by atoms with Crippen molar-refractivity contribution in [2.75, 3.05) is 6.54 Å². The maximum absolute atomic E-state index is 12.4. The SMILES string of the molecule is Cc1ccc(C(=O)/C(=C2/CCCCCN2)[N+](=O)[O-])cc1. The Labute approximate surface area is 117 Å². The van der Waals surface area contributed by atoms with Crippen molar-refractivity contribution in [1.29, 1.82) is 0 Å². The van der Waals surface area contributed by atoms with Crippen molar-refractivity contribution in [2.24, 2.45) is 0 Å². The summed E-state index contributed by atoms with van der Waals surface area (Å²) < 4.78 is 0. The minimum absolute atomic E-state index is 0.309. The number of aryl methyl sites for hydroxylation is 1. The fourth-order valence-corrected chi connectivity index (χ4v) is 2.31. The predicted molar refractivity (Wildman–Crippen MR) is 76.0 cm³/mol. The Morgan fingerprint density at radius 3 is 2.55 bits per heavy atom. The average Bonchev–Trinajstić information content (AvgIpc) is 2.68. The van der Waals surface area contributed by atoms with Crippen molar-refractivity contribution in [1.82, 2.24) is 5.32 Å². The summed E-state index contributed by atoms with van der Waals surface area (Å²) in [5, 5.41) is 14.3. The van der Waals surface area contributed by atoms with Gasteiger partial charge in [-0.3, -0.25) is 14.9 Å². The van der Waals surface area contributed by atoms with Crippen LogP contribution in [0.5, 0.6) is 0 Å². The highest BCUT2D eigenvalue weighted by molar-refractivity contribution is 6.07. The van der Waals surface area contributed by atoms with Crippen molar-refractivity contribution in [3.63, 3.8) is 0 Å². The van der Waals surface area contributed by atoms with Gasteiger partial charge in [-0.25, -0.2) is 0 Å². The van der Waals surface area contributed by atoms with E-state index < -0.39 is 10.7 Å². The molecule has 1 aromatic rings. The molecule has 5 heteroatoms. The van der Waals surface area contributed by atoms with Crippen LogP contribution in [0.3, 0.4) is 0 Å². The second kappa shape index (κ2) is 6.32. The third-order valence-corrected chi connectivity index (χ3v) is 3.44. The van der Waals surface area contributed by atoms with E-state index in [-0.39, 0.29) is 5.70 Å². The van der Waals surface area contributed by atoms with Crippen LogP contribution in [0.4, 0.5) is 0 Å². The molecule has 1 aromatic carbocycles. The minimum atomic E-state index is -0.560. The van der Waals surface area contributed by atoms with Gasteiger partial charge in [0.05, 0.1) is 10.6 Å². The van der Waals surface area contributed by atoms with Gasteiger partial charge in [0.1, 0.15) is 0 Å². The van der Waals surface area contributed by atoms with Crippen LogP contribution in [0.15, 0.2) is 35.7 Å². The zero-order chi connectivity index (χ0) is 14.5. The summed E-state index contributed by atoms with van der Waals surface area (Å²) in [4.78, 5) is 23.1. The average molecular weight is 274 g/mol. The van der Waals surface area contributed by atoms with E-state index in [2.05, 4.69) is 5.32 Å². The fourth-order valence-electron chi connectivity index (χ4n) is 2.31. The first kappa shape index (κ1) is 14.2. The highest BCUT2D eigenvalue weighted by Gasteiger charge is 2.28. The van der Waals surface area contributed by atoms with E-state index in [0.29, 0.717) is 24.2 Å². The van der Waals surface area contributed by atoms with E-state index in [1.807, 2.05) is 6.92 Å². The first-order valence-electron chi connectivity index (χ1n) is 6.82. The number of Topliss-reactive ketones (excluding diaryl/α,β-unsaturated/α-hetero) is 1. The molecule has 1 aliphatic rings. The summed E-state index contributed by atoms with van der Waals surface area (Å²) >= 11 is 0. The lowest BCUT2D eigenvalue weighted by Gasteiger charge is -2.08. The molecule has 20 heavy (non-hydrogen) atoms. The molecule has 5 nitrogen and oxygen atoms in total. The summed E-state index contributed by atoms with van der Waals surface area (Å²) in [5.74, 6) is -0.514. The van der Waals surface area contributed by atoms with E-state index in [9.17, 15) is 14.9 Å². The molecular weight excluding hydrogens is 256 g/mol. The van der Waals surface area contributed by atoms with Crippen LogP contribution in [0.25, 0.3) is 0 Å². The first-order chi connectivity index (χ1) is 9.59. The summed E-state index contributed by atoms with van der Waals surface area (Å²) in [6.45, 7) is 2.60. The van der Waals surface area contributed by atoms with Gasteiger partial charge >= 0.3 is 5.70 Å². The summed E-state index contributed by atoms with van der Waals surface area (Å²) in [5.41, 5.74) is 1.54. The number of nitro groups is 1. The quantitative estimate of drug-likeness (QED) is 0.398. The van der Waals surface area contributed by atoms with Crippen LogP contribution in [0.2, 0.25) is 0 Å². The Balaban J connectivity index is 2.37. The third-order valence-electron chi connectivity index (χ3n) is 3.44. The highest BCUT2D eigenvalue weighted by atomic mass is 16.6. The summed E-state index contributed by atoms with van der Waals surface area (Å²) in [6, 6.07) is 6.85. The number of ketones is 1. The molecule has 0 saturated carbocycles. The lowest BCUT2D eigenvalue weighted by Crippen LogP contribution is -2.22.